The van der Waals surface area contributed by atoms with Gasteiger partial charge in [0.25, 0.3) is 5.91 Å². The van der Waals surface area contributed by atoms with Crippen molar-refractivity contribution in [2.24, 2.45) is 11.8 Å². The number of piperidine rings is 1. The average molecular weight is 467 g/mol. The van der Waals surface area contributed by atoms with Crippen molar-refractivity contribution in [3.05, 3.63) is 53.1 Å². The van der Waals surface area contributed by atoms with Crippen molar-refractivity contribution >= 4 is 17.8 Å². The molecule has 2 aromatic rings. The number of rotatable bonds is 4. The van der Waals surface area contributed by atoms with Gasteiger partial charge in [0.05, 0.1) is 23.6 Å². The van der Waals surface area contributed by atoms with Gasteiger partial charge in [-0.25, -0.2) is 9.78 Å². The second kappa shape index (κ2) is 9.58. The first-order valence-electron chi connectivity index (χ1n) is 12.1. The fourth-order valence-electron chi connectivity index (χ4n) is 5.60. The Morgan fingerprint density at radius 2 is 1.76 bits per heavy atom. The number of hydrogen-bond acceptors (Lipinski definition) is 5. The van der Waals surface area contributed by atoms with Gasteiger partial charge >= 0.3 is 5.97 Å². The number of aromatic amines is 1. The van der Waals surface area contributed by atoms with E-state index in [1.165, 1.54) is 12.1 Å². The van der Waals surface area contributed by atoms with Crippen molar-refractivity contribution in [3.8, 4) is 0 Å². The molecule has 9 nitrogen and oxygen atoms in total. The molecular formula is C25H30N4O5. The van der Waals surface area contributed by atoms with Crippen LogP contribution in [0.4, 0.5) is 0 Å². The van der Waals surface area contributed by atoms with Crippen LogP contribution in [-0.4, -0.2) is 75.5 Å². The van der Waals surface area contributed by atoms with Crippen LogP contribution in [0.3, 0.4) is 0 Å². The first-order valence-corrected chi connectivity index (χ1v) is 12.1. The van der Waals surface area contributed by atoms with Crippen molar-refractivity contribution in [1.82, 2.24) is 19.8 Å². The number of nitrogens with zero attached hydrogens (tertiary/aromatic N) is 3. The number of hydrogen-bond donors (Lipinski definition) is 2. The van der Waals surface area contributed by atoms with E-state index in [0.29, 0.717) is 44.8 Å². The summed E-state index contributed by atoms with van der Waals surface area (Å²) in [6.07, 6.45) is 5.53. The zero-order valence-electron chi connectivity index (χ0n) is 19.1. The average Bonchev–Trinajstić information content (AvgIpc) is 3.37. The maximum Gasteiger partial charge on any atom is 0.335 e. The largest absolute Gasteiger partial charge is 0.478 e. The van der Waals surface area contributed by atoms with Crippen LogP contribution >= 0.6 is 0 Å². The second-order valence-corrected chi connectivity index (χ2v) is 9.40. The van der Waals surface area contributed by atoms with E-state index in [1.807, 2.05) is 9.80 Å². The highest BCUT2D eigenvalue weighted by Crippen LogP contribution is 2.40. The number of likely N-dealkylation sites (tertiary alicyclic amines) is 1. The lowest BCUT2D eigenvalue weighted by Gasteiger charge is -2.43. The summed E-state index contributed by atoms with van der Waals surface area (Å²) in [5.41, 5.74) is 2.41. The van der Waals surface area contributed by atoms with Crippen LogP contribution in [0.1, 0.15) is 63.8 Å². The van der Waals surface area contributed by atoms with E-state index in [4.69, 9.17) is 4.74 Å². The van der Waals surface area contributed by atoms with Crippen LogP contribution in [0.25, 0.3) is 0 Å². The van der Waals surface area contributed by atoms with Gasteiger partial charge < -0.3 is 24.6 Å². The summed E-state index contributed by atoms with van der Waals surface area (Å²) < 4.78 is 5.40. The number of carboxylic acids is 1. The summed E-state index contributed by atoms with van der Waals surface area (Å²) in [6.45, 7) is 3.19. The third-order valence-corrected chi connectivity index (χ3v) is 7.46. The lowest BCUT2D eigenvalue weighted by atomic mass is 9.83. The quantitative estimate of drug-likeness (QED) is 0.715. The van der Waals surface area contributed by atoms with Gasteiger partial charge in [0.1, 0.15) is 0 Å². The first-order chi connectivity index (χ1) is 16.5. The molecule has 0 saturated carbocycles. The Morgan fingerprint density at radius 3 is 2.50 bits per heavy atom. The van der Waals surface area contributed by atoms with Gasteiger partial charge in [0, 0.05) is 56.4 Å². The van der Waals surface area contributed by atoms with Crippen molar-refractivity contribution in [2.45, 2.75) is 38.1 Å². The number of H-pyrrole nitrogens is 1. The van der Waals surface area contributed by atoms with E-state index in [-0.39, 0.29) is 35.3 Å². The predicted molar refractivity (Wildman–Crippen MR) is 122 cm³/mol. The minimum absolute atomic E-state index is 0.0533. The van der Waals surface area contributed by atoms with E-state index < -0.39 is 5.97 Å². The van der Waals surface area contributed by atoms with Crippen LogP contribution in [0, 0.1) is 11.8 Å². The summed E-state index contributed by atoms with van der Waals surface area (Å²) >= 11 is 0. The molecule has 34 heavy (non-hydrogen) atoms. The van der Waals surface area contributed by atoms with Crippen molar-refractivity contribution in [2.75, 3.05) is 32.8 Å². The van der Waals surface area contributed by atoms with Gasteiger partial charge in [-0.15, -0.1) is 0 Å². The maximum absolute atomic E-state index is 13.6. The molecule has 1 atom stereocenters. The molecule has 0 aliphatic carbocycles. The highest BCUT2D eigenvalue weighted by Gasteiger charge is 2.41. The molecule has 1 unspecified atom stereocenters. The lowest BCUT2D eigenvalue weighted by Crippen LogP contribution is -2.48. The number of imidazole rings is 1. The molecule has 1 aromatic carbocycles. The molecule has 3 aliphatic rings. The van der Waals surface area contributed by atoms with Crippen LogP contribution in [0.2, 0.25) is 0 Å². The number of aromatic carboxylic acids is 1. The molecule has 9 heteroatoms. The van der Waals surface area contributed by atoms with Crippen molar-refractivity contribution in [1.29, 1.82) is 0 Å². The van der Waals surface area contributed by atoms with E-state index in [9.17, 15) is 19.5 Å². The molecule has 2 fully saturated rings. The molecule has 0 bridgehead atoms. The molecule has 2 amide bonds. The Bertz CT molecular complexity index is 1070. The number of carbonyl (C=O) groups is 3. The van der Waals surface area contributed by atoms with E-state index >= 15 is 0 Å². The normalized spacial score (nSPS) is 21.8. The number of amides is 2. The Hall–Kier alpha value is -3.20. The summed E-state index contributed by atoms with van der Waals surface area (Å²) in [5.74, 6) is -0.780. The Kier molecular flexibility index (Phi) is 6.36. The predicted octanol–water partition coefficient (Wildman–Crippen LogP) is 2.51. The minimum atomic E-state index is -1.05. The van der Waals surface area contributed by atoms with Crippen LogP contribution in [0.5, 0.6) is 0 Å². The molecule has 4 heterocycles. The number of carbonyl (C=O) groups excluding carboxylic acids is 2. The molecule has 3 aliphatic heterocycles. The smallest absolute Gasteiger partial charge is 0.335 e. The van der Waals surface area contributed by atoms with Gasteiger partial charge in [0.2, 0.25) is 5.91 Å². The van der Waals surface area contributed by atoms with Gasteiger partial charge in [-0.05, 0) is 49.8 Å². The summed E-state index contributed by atoms with van der Waals surface area (Å²) in [4.78, 5) is 49.6. The van der Waals surface area contributed by atoms with Gasteiger partial charge in [-0.1, -0.05) is 6.07 Å². The van der Waals surface area contributed by atoms with Gasteiger partial charge in [0.15, 0.2) is 0 Å². The number of nitrogens with one attached hydrogen (secondary N) is 1. The number of carboxylic acid groups (broad SMARTS) is 1. The molecule has 5 rings (SSSR count). The monoisotopic (exact) mass is 466 g/mol. The summed E-state index contributed by atoms with van der Waals surface area (Å²) in [7, 11) is 0. The third kappa shape index (κ3) is 4.32. The molecule has 0 radical (unpaired) electrons. The highest BCUT2D eigenvalue weighted by molar-refractivity contribution is 5.97. The standard InChI is InChI=1S/C25H30N4O5/c30-23(17-7-12-34-13-8-17)28-9-4-16(5-10-28)22-21-20(26-15-27-21)6-11-29(22)24(31)18-2-1-3-19(14-18)25(32)33/h1-3,14-17,22H,4-13H2,(H,26,27)(H,32,33). The fourth-order valence-corrected chi connectivity index (χ4v) is 5.60. The third-order valence-electron chi connectivity index (χ3n) is 7.46. The molecule has 180 valence electrons. The topological polar surface area (TPSA) is 116 Å². The molecule has 2 saturated heterocycles. The fraction of sp³-hybridized carbons (Fsp3) is 0.520. The number of ether oxygens (including phenoxy) is 1. The molecule has 1 aromatic heterocycles. The molecular weight excluding hydrogens is 436 g/mol. The zero-order chi connectivity index (χ0) is 23.7. The Balaban J connectivity index is 1.34. The minimum Gasteiger partial charge on any atom is -0.478 e. The SMILES string of the molecule is O=C(O)c1cccc(C(=O)N2CCc3[nH]cnc3C2C2CCN(C(=O)C3CCOCC3)CC2)c1. The zero-order valence-corrected chi connectivity index (χ0v) is 19.1. The number of fused-ring (bicyclic) bond motifs is 1. The number of aromatic nitrogens is 2. The van der Waals surface area contributed by atoms with Gasteiger partial charge in [-0.2, -0.15) is 0 Å². The molecule has 2 N–H and O–H groups in total. The van der Waals surface area contributed by atoms with E-state index in [2.05, 4.69) is 9.97 Å². The lowest BCUT2D eigenvalue weighted by molar-refractivity contribution is -0.140. The maximum atomic E-state index is 13.6. The second-order valence-electron chi connectivity index (χ2n) is 9.40. The van der Waals surface area contributed by atoms with Crippen molar-refractivity contribution in [3.63, 3.8) is 0 Å². The summed E-state index contributed by atoms with van der Waals surface area (Å²) in [6, 6.07) is 6.01. The van der Waals surface area contributed by atoms with E-state index in [1.54, 1.807) is 18.5 Å². The number of benzene rings is 1. The summed E-state index contributed by atoms with van der Waals surface area (Å²) in [5, 5.41) is 9.35. The highest BCUT2D eigenvalue weighted by atomic mass is 16.5. The Morgan fingerprint density at radius 1 is 1.03 bits per heavy atom. The molecule has 0 spiro atoms. The Labute approximate surface area is 198 Å². The van der Waals surface area contributed by atoms with E-state index in [0.717, 1.165) is 37.1 Å². The van der Waals surface area contributed by atoms with Crippen LogP contribution in [0.15, 0.2) is 30.6 Å². The van der Waals surface area contributed by atoms with Crippen LogP contribution < -0.4 is 0 Å². The van der Waals surface area contributed by atoms with Crippen molar-refractivity contribution < 1.29 is 24.2 Å². The first kappa shape index (κ1) is 22.6. The van der Waals surface area contributed by atoms with Crippen LogP contribution in [-0.2, 0) is 16.0 Å². The van der Waals surface area contributed by atoms with Gasteiger partial charge in [-0.3, -0.25) is 9.59 Å².